The largest absolute Gasteiger partial charge is 0.377 e. The minimum atomic E-state index is -0.247. The topological polar surface area (TPSA) is 47.3 Å². The summed E-state index contributed by atoms with van der Waals surface area (Å²) in [4.78, 5) is 0. The Balaban J connectivity index is 2.18. The summed E-state index contributed by atoms with van der Waals surface area (Å²) < 4.78 is 19.6. The number of benzene rings is 1. The first-order valence-corrected chi connectivity index (χ1v) is 6.86. The molecule has 1 fully saturated rings. The fourth-order valence-corrected chi connectivity index (χ4v) is 2.97. The van der Waals surface area contributed by atoms with Gasteiger partial charge in [-0.1, -0.05) is 12.1 Å². The average Bonchev–Trinajstić information content (AvgIpc) is 2.32. The zero-order valence-corrected chi connectivity index (χ0v) is 12.0. The van der Waals surface area contributed by atoms with Crippen LogP contribution in [0.25, 0.3) is 0 Å². The SMILES string of the molecule is COC1(C(Cc2cccc(F)c2Br)NN)CCC1. The smallest absolute Gasteiger partial charge is 0.137 e. The third kappa shape index (κ3) is 2.45. The quantitative estimate of drug-likeness (QED) is 0.648. The summed E-state index contributed by atoms with van der Waals surface area (Å²) in [6.45, 7) is 0. The molecular weight excluding hydrogens is 299 g/mol. The molecule has 1 aliphatic rings. The summed E-state index contributed by atoms with van der Waals surface area (Å²) in [5.74, 6) is 5.39. The highest BCUT2D eigenvalue weighted by Crippen LogP contribution is 2.39. The molecule has 100 valence electrons. The molecule has 0 radical (unpaired) electrons. The van der Waals surface area contributed by atoms with Crippen molar-refractivity contribution in [3.8, 4) is 0 Å². The molecule has 5 heteroatoms. The number of ether oxygens (including phenoxy) is 1. The Morgan fingerprint density at radius 2 is 2.28 bits per heavy atom. The van der Waals surface area contributed by atoms with Crippen molar-refractivity contribution in [2.75, 3.05) is 7.11 Å². The molecule has 0 aromatic heterocycles. The van der Waals surface area contributed by atoms with Crippen LogP contribution in [0.1, 0.15) is 24.8 Å². The second-order valence-electron chi connectivity index (χ2n) is 4.76. The summed E-state index contributed by atoms with van der Waals surface area (Å²) in [7, 11) is 1.71. The molecule has 1 atom stereocenters. The van der Waals surface area contributed by atoms with Gasteiger partial charge in [0.2, 0.25) is 0 Å². The molecule has 3 N–H and O–H groups in total. The van der Waals surface area contributed by atoms with Crippen molar-refractivity contribution >= 4 is 15.9 Å². The van der Waals surface area contributed by atoms with Crippen LogP contribution in [0.2, 0.25) is 0 Å². The van der Waals surface area contributed by atoms with E-state index in [0.29, 0.717) is 10.9 Å². The number of rotatable bonds is 5. The second-order valence-corrected chi connectivity index (χ2v) is 5.55. The summed E-state index contributed by atoms with van der Waals surface area (Å²) >= 11 is 3.28. The van der Waals surface area contributed by atoms with Crippen molar-refractivity contribution in [1.29, 1.82) is 0 Å². The standard InChI is InChI=1S/C13H18BrFN2O/c1-18-13(6-3-7-13)11(17-16)8-9-4-2-5-10(15)12(9)14/h2,4-5,11,17H,3,6-8,16H2,1H3. The minimum Gasteiger partial charge on any atom is -0.377 e. The maximum atomic E-state index is 13.5. The third-order valence-electron chi connectivity index (χ3n) is 3.90. The van der Waals surface area contributed by atoms with Crippen molar-refractivity contribution in [2.45, 2.75) is 37.3 Å². The molecule has 0 bridgehead atoms. The van der Waals surface area contributed by atoms with E-state index in [-0.39, 0.29) is 17.5 Å². The van der Waals surface area contributed by atoms with E-state index in [1.807, 2.05) is 6.07 Å². The van der Waals surface area contributed by atoms with Crippen molar-refractivity contribution in [2.24, 2.45) is 5.84 Å². The van der Waals surface area contributed by atoms with Crippen molar-refractivity contribution in [3.05, 3.63) is 34.1 Å². The van der Waals surface area contributed by atoms with E-state index in [1.54, 1.807) is 13.2 Å². The number of nitrogens with one attached hydrogen (secondary N) is 1. The summed E-state index contributed by atoms with van der Waals surface area (Å²) in [6, 6.07) is 5.05. The highest BCUT2D eigenvalue weighted by molar-refractivity contribution is 9.10. The van der Waals surface area contributed by atoms with E-state index in [1.165, 1.54) is 6.07 Å². The summed E-state index contributed by atoms with van der Waals surface area (Å²) in [6.07, 6.45) is 3.77. The highest BCUT2D eigenvalue weighted by Gasteiger charge is 2.44. The van der Waals surface area contributed by atoms with Crippen molar-refractivity contribution in [3.63, 3.8) is 0 Å². The molecule has 1 aromatic carbocycles. The molecule has 2 rings (SSSR count). The van der Waals surface area contributed by atoms with Gasteiger partial charge in [0.05, 0.1) is 16.1 Å². The lowest BCUT2D eigenvalue weighted by Gasteiger charge is -2.46. The lowest BCUT2D eigenvalue weighted by atomic mass is 9.73. The van der Waals surface area contributed by atoms with E-state index in [0.717, 1.165) is 24.8 Å². The van der Waals surface area contributed by atoms with Gasteiger partial charge in [0.15, 0.2) is 0 Å². The molecule has 1 unspecified atom stereocenters. The second kappa shape index (κ2) is 5.65. The predicted molar refractivity (Wildman–Crippen MR) is 72.5 cm³/mol. The first-order chi connectivity index (χ1) is 8.63. The number of hydrogen-bond donors (Lipinski definition) is 2. The number of hydrogen-bond acceptors (Lipinski definition) is 3. The molecule has 0 amide bonds. The Kier molecular flexibility index (Phi) is 4.37. The maximum Gasteiger partial charge on any atom is 0.137 e. The fourth-order valence-electron chi connectivity index (χ4n) is 2.54. The molecule has 0 aliphatic heterocycles. The van der Waals surface area contributed by atoms with Crippen LogP contribution in [-0.2, 0) is 11.2 Å². The normalized spacial score (nSPS) is 19.3. The van der Waals surface area contributed by atoms with E-state index in [4.69, 9.17) is 10.6 Å². The van der Waals surface area contributed by atoms with E-state index >= 15 is 0 Å². The third-order valence-corrected chi connectivity index (χ3v) is 4.79. The first-order valence-electron chi connectivity index (χ1n) is 6.07. The first kappa shape index (κ1) is 13.9. The van der Waals surface area contributed by atoms with Crippen LogP contribution < -0.4 is 11.3 Å². The average molecular weight is 317 g/mol. The highest BCUT2D eigenvalue weighted by atomic mass is 79.9. The molecule has 1 aromatic rings. The van der Waals surface area contributed by atoms with Crippen LogP contribution in [0.15, 0.2) is 22.7 Å². The lowest BCUT2D eigenvalue weighted by Crippen LogP contribution is -2.59. The summed E-state index contributed by atoms with van der Waals surface area (Å²) in [5.41, 5.74) is 3.52. The van der Waals surface area contributed by atoms with Gasteiger partial charge in [0, 0.05) is 7.11 Å². The lowest BCUT2D eigenvalue weighted by molar-refractivity contribution is -0.0982. The molecular formula is C13H18BrFN2O. The van der Waals surface area contributed by atoms with Gasteiger partial charge in [0.1, 0.15) is 5.82 Å². The van der Waals surface area contributed by atoms with Gasteiger partial charge in [-0.15, -0.1) is 0 Å². The Bertz CT molecular complexity index is 418. The molecule has 18 heavy (non-hydrogen) atoms. The minimum absolute atomic E-state index is 0.00523. The number of nitrogens with two attached hydrogens (primary N) is 1. The zero-order valence-electron chi connectivity index (χ0n) is 10.4. The van der Waals surface area contributed by atoms with Crippen LogP contribution in [0.5, 0.6) is 0 Å². The van der Waals surface area contributed by atoms with E-state index in [9.17, 15) is 4.39 Å². The Morgan fingerprint density at radius 1 is 1.56 bits per heavy atom. The number of hydrazine groups is 1. The van der Waals surface area contributed by atoms with Crippen LogP contribution in [-0.4, -0.2) is 18.8 Å². The molecule has 0 saturated heterocycles. The van der Waals surface area contributed by atoms with Crippen LogP contribution in [0.4, 0.5) is 4.39 Å². The summed E-state index contributed by atoms with van der Waals surface area (Å²) in [5, 5.41) is 0. The van der Waals surface area contributed by atoms with E-state index < -0.39 is 0 Å². The van der Waals surface area contributed by atoms with Gasteiger partial charge in [-0.2, -0.15) is 0 Å². The molecule has 3 nitrogen and oxygen atoms in total. The molecule has 1 aliphatic carbocycles. The van der Waals surface area contributed by atoms with E-state index in [2.05, 4.69) is 21.4 Å². The Morgan fingerprint density at radius 3 is 2.78 bits per heavy atom. The number of methoxy groups -OCH3 is 1. The predicted octanol–water partition coefficient (Wildman–Crippen LogP) is 2.53. The van der Waals surface area contributed by atoms with Gasteiger partial charge in [-0.05, 0) is 53.2 Å². The maximum absolute atomic E-state index is 13.5. The van der Waals surface area contributed by atoms with Gasteiger partial charge < -0.3 is 4.74 Å². The Labute approximate surface area is 115 Å². The Hall–Kier alpha value is -0.490. The fraction of sp³-hybridized carbons (Fsp3) is 0.538. The zero-order chi connectivity index (χ0) is 13.2. The van der Waals surface area contributed by atoms with Crippen LogP contribution >= 0.6 is 15.9 Å². The molecule has 0 spiro atoms. The monoisotopic (exact) mass is 316 g/mol. The van der Waals surface area contributed by atoms with Crippen molar-refractivity contribution < 1.29 is 9.13 Å². The van der Waals surface area contributed by atoms with Gasteiger partial charge in [0.25, 0.3) is 0 Å². The van der Waals surface area contributed by atoms with Crippen LogP contribution in [0, 0.1) is 5.82 Å². The van der Waals surface area contributed by atoms with Crippen molar-refractivity contribution in [1.82, 2.24) is 5.43 Å². The molecule has 1 saturated carbocycles. The molecule has 0 heterocycles. The van der Waals surface area contributed by atoms with Crippen LogP contribution in [0.3, 0.4) is 0 Å². The number of halogens is 2. The van der Waals surface area contributed by atoms with Gasteiger partial charge in [-0.25, -0.2) is 4.39 Å². The van der Waals surface area contributed by atoms with Gasteiger partial charge in [-0.3, -0.25) is 11.3 Å². The van der Waals surface area contributed by atoms with Gasteiger partial charge >= 0.3 is 0 Å².